The summed E-state index contributed by atoms with van der Waals surface area (Å²) in [6, 6.07) is 20.7. The number of aromatic nitrogens is 1. The fourth-order valence-corrected chi connectivity index (χ4v) is 2.39. The van der Waals surface area contributed by atoms with Gasteiger partial charge in [-0.15, -0.1) is 0 Å². The Morgan fingerprint density at radius 3 is 2.23 bits per heavy atom. The number of benzene rings is 2. The van der Waals surface area contributed by atoms with Crippen LogP contribution < -0.4 is 10.5 Å². The highest BCUT2D eigenvalue weighted by Crippen LogP contribution is 2.14. The van der Waals surface area contributed by atoms with Gasteiger partial charge >= 0.3 is 5.97 Å². The normalized spacial score (nSPS) is 10.3. The quantitative estimate of drug-likeness (QED) is 0.684. The summed E-state index contributed by atoms with van der Waals surface area (Å²) in [7, 11) is 0. The molecule has 0 saturated heterocycles. The van der Waals surface area contributed by atoms with Gasteiger partial charge in [-0.1, -0.05) is 42.5 Å². The van der Waals surface area contributed by atoms with E-state index >= 15 is 0 Å². The number of esters is 1. The average Bonchev–Trinajstić information content (AvgIpc) is 2.66. The van der Waals surface area contributed by atoms with Crippen molar-refractivity contribution in [3.8, 4) is 5.75 Å². The number of pyridine rings is 1. The lowest BCUT2D eigenvalue weighted by molar-refractivity contribution is 0.0473. The van der Waals surface area contributed by atoms with Crippen molar-refractivity contribution in [2.45, 2.75) is 20.1 Å². The molecule has 2 aromatic carbocycles. The van der Waals surface area contributed by atoms with E-state index in [0.29, 0.717) is 6.61 Å². The van der Waals surface area contributed by atoms with Crippen molar-refractivity contribution in [2.75, 3.05) is 5.73 Å². The van der Waals surface area contributed by atoms with E-state index in [1.54, 1.807) is 12.1 Å². The van der Waals surface area contributed by atoms with Gasteiger partial charge in [0.1, 0.15) is 30.3 Å². The van der Waals surface area contributed by atoms with Gasteiger partial charge in [-0.3, -0.25) is 0 Å². The summed E-state index contributed by atoms with van der Waals surface area (Å²) < 4.78 is 11.0. The number of carbonyl (C=O) groups is 1. The lowest BCUT2D eigenvalue weighted by Gasteiger charge is -2.09. The van der Waals surface area contributed by atoms with Crippen LogP contribution in [-0.2, 0) is 18.0 Å². The van der Waals surface area contributed by atoms with Gasteiger partial charge in [-0.25, -0.2) is 9.78 Å². The molecule has 0 spiro atoms. The number of nitrogen functional groups attached to an aromatic ring is 1. The van der Waals surface area contributed by atoms with Gasteiger partial charge in [0.15, 0.2) is 0 Å². The number of ether oxygens (including phenoxy) is 2. The third-order valence-corrected chi connectivity index (χ3v) is 3.83. The van der Waals surface area contributed by atoms with Gasteiger partial charge in [0.2, 0.25) is 0 Å². The second-order valence-corrected chi connectivity index (χ2v) is 5.88. The fraction of sp³-hybridized carbons (Fsp3) is 0.143. The smallest absolute Gasteiger partial charge is 0.342 e. The number of nitrogens with zero attached hydrogens (tertiary/aromatic N) is 1. The van der Waals surface area contributed by atoms with Gasteiger partial charge in [-0.2, -0.15) is 0 Å². The van der Waals surface area contributed by atoms with Crippen LogP contribution in [0.4, 0.5) is 5.82 Å². The molecule has 5 nitrogen and oxygen atoms in total. The van der Waals surface area contributed by atoms with Gasteiger partial charge in [0.25, 0.3) is 0 Å². The molecule has 26 heavy (non-hydrogen) atoms. The van der Waals surface area contributed by atoms with Gasteiger partial charge in [-0.05, 0) is 42.3 Å². The Kier molecular flexibility index (Phi) is 5.49. The van der Waals surface area contributed by atoms with E-state index in [-0.39, 0.29) is 18.0 Å². The lowest BCUT2D eigenvalue weighted by atomic mass is 10.1. The van der Waals surface area contributed by atoms with Crippen LogP contribution in [0, 0.1) is 6.92 Å². The van der Waals surface area contributed by atoms with Gasteiger partial charge in [0.05, 0.1) is 0 Å². The molecule has 0 saturated carbocycles. The molecule has 1 heterocycles. The Bertz CT molecular complexity index is 878. The van der Waals surface area contributed by atoms with E-state index in [1.165, 1.54) is 0 Å². The zero-order valence-corrected chi connectivity index (χ0v) is 14.5. The number of hydrogen-bond acceptors (Lipinski definition) is 5. The minimum atomic E-state index is -0.480. The topological polar surface area (TPSA) is 74.4 Å². The maximum atomic E-state index is 12.1. The molecule has 1 aromatic heterocycles. The highest BCUT2D eigenvalue weighted by molar-refractivity contribution is 5.94. The zero-order chi connectivity index (χ0) is 18.4. The third-order valence-electron chi connectivity index (χ3n) is 3.83. The van der Waals surface area contributed by atoms with E-state index in [1.807, 2.05) is 61.5 Å². The molecule has 2 N–H and O–H groups in total. The molecule has 0 unspecified atom stereocenters. The maximum absolute atomic E-state index is 12.1. The maximum Gasteiger partial charge on any atom is 0.342 e. The van der Waals surface area contributed by atoms with Crippen molar-refractivity contribution in [2.24, 2.45) is 0 Å². The predicted octanol–water partition coefficient (Wildman–Crippen LogP) is 3.91. The number of nitrogens with two attached hydrogens (primary N) is 1. The second-order valence-electron chi connectivity index (χ2n) is 5.88. The standard InChI is InChI=1S/C21H20N2O3/c1-15-7-12-19(20(22)23-15)21(24)26-14-17-10-8-16(9-11-17)13-25-18-5-3-2-4-6-18/h2-12H,13-14H2,1H3,(H2,22,23). The van der Waals surface area contributed by atoms with Crippen LogP contribution in [0.1, 0.15) is 27.2 Å². The summed E-state index contributed by atoms with van der Waals surface area (Å²) in [6.45, 7) is 2.47. The van der Waals surface area contributed by atoms with Crippen LogP contribution in [0.2, 0.25) is 0 Å². The largest absolute Gasteiger partial charge is 0.489 e. The Hall–Kier alpha value is -3.34. The molecule has 0 aliphatic rings. The van der Waals surface area contributed by atoms with Gasteiger partial charge < -0.3 is 15.2 Å². The first kappa shape index (κ1) is 17.5. The SMILES string of the molecule is Cc1ccc(C(=O)OCc2ccc(COc3ccccc3)cc2)c(N)n1. The van der Waals surface area contributed by atoms with Crippen molar-refractivity contribution in [3.05, 3.63) is 89.1 Å². The van der Waals surface area contributed by atoms with Crippen LogP contribution >= 0.6 is 0 Å². The highest BCUT2D eigenvalue weighted by Gasteiger charge is 2.12. The highest BCUT2D eigenvalue weighted by atomic mass is 16.5. The third kappa shape index (κ3) is 4.60. The minimum absolute atomic E-state index is 0.173. The number of para-hydroxylation sites is 1. The summed E-state index contributed by atoms with van der Waals surface area (Å²) >= 11 is 0. The molecule has 0 aliphatic carbocycles. The Morgan fingerprint density at radius 2 is 1.58 bits per heavy atom. The van der Waals surface area contributed by atoms with Crippen LogP contribution in [0.15, 0.2) is 66.7 Å². The van der Waals surface area contributed by atoms with E-state index in [2.05, 4.69) is 4.98 Å². The predicted molar refractivity (Wildman–Crippen MR) is 99.7 cm³/mol. The molecule has 0 radical (unpaired) electrons. The van der Waals surface area contributed by atoms with E-state index in [9.17, 15) is 4.79 Å². The number of anilines is 1. The molecule has 0 amide bonds. The van der Waals surface area contributed by atoms with Crippen molar-refractivity contribution >= 4 is 11.8 Å². The molecular weight excluding hydrogens is 328 g/mol. The first-order valence-electron chi connectivity index (χ1n) is 8.28. The first-order valence-corrected chi connectivity index (χ1v) is 8.28. The Morgan fingerprint density at radius 1 is 0.923 bits per heavy atom. The second kappa shape index (κ2) is 8.16. The zero-order valence-electron chi connectivity index (χ0n) is 14.5. The number of aryl methyl sites for hydroxylation is 1. The van der Waals surface area contributed by atoms with Crippen molar-refractivity contribution in [1.29, 1.82) is 0 Å². The number of hydrogen-bond donors (Lipinski definition) is 1. The van der Waals surface area contributed by atoms with Crippen LogP contribution in [0.3, 0.4) is 0 Å². The van der Waals surface area contributed by atoms with Crippen molar-refractivity contribution < 1.29 is 14.3 Å². The Labute approximate surface area is 152 Å². The molecule has 3 rings (SSSR count). The first-order chi connectivity index (χ1) is 12.6. The number of carbonyl (C=O) groups excluding carboxylic acids is 1. The lowest BCUT2D eigenvalue weighted by Crippen LogP contribution is -2.10. The van der Waals surface area contributed by atoms with E-state index in [4.69, 9.17) is 15.2 Å². The molecule has 132 valence electrons. The van der Waals surface area contributed by atoms with E-state index < -0.39 is 5.97 Å². The van der Waals surface area contributed by atoms with Crippen LogP contribution in [0.25, 0.3) is 0 Å². The minimum Gasteiger partial charge on any atom is -0.489 e. The molecule has 0 fully saturated rings. The summed E-state index contributed by atoms with van der Waals surface area (Å²) in [5.41, 5.74) is 8.73. The molecule has 0 bridgehead atoms. The van der Waals surface area contributed by atoms with Crippen molar-refractivity contribution in [1.82, 2.24) is 4.98 Å². The molecule has 5 heteroatoms. The molecule has 0 atom stereocenters. The van der Waals surface area contributed by atoms with Crippen molar-refractivity contribution in [3.63, 3.8) is 0 Å². The van der Waals surface area contributed by atoms with Gasteiger partial charge in [0, 0.05) is 5.69 Å². The summed E-state index contributed by atoms with van der Waals surface area (Å²) in [5.74, 6) is 0.532. The fourth-order valence-electron chi connectivity index (χ4n) is 2.39. The molecule has 3 aromatic rings. The molecule has 0 aliphatic heterocycles. The number of rotatable bonds is 6. The van der Waals surface area contributed by atoms with E-state index in [0.717, 1.165) is 22.6 Å². The molecular formula is C21H20N2O3. The monoisotopic (exact) mass is 348 g/mol. The van der Waals surface area contributed by atoms with Crippen LogP contribution in [0.5, 0.6) is 5.75 Å². The summed E-state index contributed by atoms with van der Waals surface area (Å²) in [4.78, 5) is 16.2. The summed E-state index contributed by atoms with van der Waals surface area (Å²) in [5, 5.41) is 0. The Balaban J connectivity index is 1.53. The average molecular weight is 348 g/mol. The van der Waals surface area contributed by atoms with Crippen LogP contribution in [-0.4, -0.2) is 11.0 Å². The summed E-state index contributed by atoms with van der Waals surface area (Å²) in [6.07, 6.45) is 0.